The summed E-state index contributed by atoms with van der Waals surface area (Å²) in [5, 5.41) is 11.1. The number of hydrogen-bond acceptors (Lipinski definition) is 5. The highest BCUT2D eigenvalue weighted by molar-refractivity contribution is 8.22. The molecule has 0 N–H and O–H groups in total. The fourth-order valence-electron chi connectivity index (χ4n) is 3.32. The van der Waals surface area contributed by atoms with Gasteiger partial charge in [0.25, 0.3) is 5.69 Å². The molecule has 0 bridgehead atoms. The molecule has 144 valence electrons. The molecular formula is C19H17FN4O2S2. The van der Waals surface area contributed by atoms with Crippen LogP contribution in [0.2, 0.25) is 0 Å². The van der Waals surface area contributed by atoms with Crippen molar-refractivity contribution in [2.45, 2.75) is 18.6 Å². The van der Waals surface area contributed by atoms with E-state index in [2.05, 4.69) is 9.88 Å². The highest BCUT2D eigenvalue weighted by Crippen LogP contribution is 2.28. The number of aromatic nitrogens is 2. The van der Waals surface area contributed by atoms with Gasteiger partial charge in [0, 0.05) is 30.9 Å². The molecule has 1 aliphatic rings. The third-order valence-corrected chi connectivity index (χ3v) is 6.21. The lowest BCUT2D eigenvalue weighted by Crippen LogP contribution is -2.23. The number of halogens is 1. The Balaban J connectivity index is 1.72. The van der Waals surface area contributed by atoms with Crippen LogP contribution in [0.25, 0.3) is 16.7 Å². The molecule has 0 saturated carbocycles. The summed E-state index contributed by atoms with van der Waals surface area (Å²) in [7, 11) is 0. The third-order valence-electron chi connectivity index (χ3n) is 4.69. The zero-order chi connectivity index (χ0) is 19.7. The second kappa shape index (κ2) is 7.84. The number of nitrogens with zero attached hydrogens (tertiary/aromatic N) is 4. The molecule has 1 aliphatic heterocycles. The van der Waals surface area contributed by atoms with E-state index in [1.54, 1.807) is 18.2 Å². The summed E-state index contributed by atoms with van der Waals surface area (Å²) in [6, 6.07) is 10.7. The maximum atomic E-state index is 13.4. The predicted octanol–water partition coefficient (Wildman–Crippen LogP) is 4.69. The lowest BCUT2D eigenvalue weighted by atomic mass is 10.2. The van der Waals surface area contributed by atoms with Crippen molar-refractivity contribution in [2.24, 2.45) is 0 Å². The second-order valence-corrected chi connectivity index (χ2v) is 8.13. The molecular weight excluding hydrogens is 399 g/mol. The van der Waals surface area contributed by atoms with Gasteiger partial charge in [-0.15, -0.1) is 0 Å². The zero-order valence-corrected chi connectivity index (χ0v) is 16.5. The average molecular weight is 417 g/mol. The Bertz CT molecular complexity index is 1050. The minimum absolute atomic E-state index is 0.0111. The minimum atomic E-state index is -0.437. The van der Waals surface area contributed by atoms with E-state index in [4.69, 9.17) is 12.2 Å². The van der Waals surface area contributed by atoms with Crippen molar-refractivity contribution in [3.63, 3.8) is 0 Å². The van der Waals surface area contributed by atoms with E-state index in [-0.39, 0.29) is 11.5 Å². The first-order chi connectivity index (χ1) is 13.5. The van der Waals surface area contributed by atoms with Crippen molar-refractivity contribution < 1.29 is 9.31 Å². The Labute approximate surface area is 170 Å². The van der Waals surface area contributed by atoms with Gasteiger partial charge in [0.15, 0.2) is 0 Å². The Morgan fingerprint density at radius 3 is 2.61 bits per heavy atom. The number of rotatable bonds is 4. The summed E-state index contributed by atoms with van der Waals surface area (Å²) >= 11 is 7.07. The van der Waals surface area contributed by atoms with Crippen LogP contribution in [0.3, 0.4) is 0 Å². The van der Waals surface area contributed by atoms with Gasteiger partial charge in [-0.25, -0.2) is 9.37 Å². The highest BCUT2D eigenvalue weighted by Gasteiger charge is 2.19. The molecule has 2 aromatic carbocycles. The molecule has 1 fully saturated rings. The molecule has 1 aromatic heterocycles. The average Bonchev–Trinajstić information content (AvgIpc) is 3.34. The first-order valence-corrected chi connectivity index (χ1v) is 10.3. The van der Waals surface area contributed by atoms with E-state index < -0.39 is 4.92 Å². The van der Waals surface area contributed by atoms with Crippen LogP contribution in [-0.4, -0.2) is 36.8 Å². The van der Waals surface area contributed by atoms with Crippen LogP contribution in [0.15, 0.2) is 42.5 Å². The lowest BCUT2D eigenvalue weighted by molar-refractivity contribution is -0.384. The van der Waals surface area contributed by atoms with Crippen LogP contribution < -0.4 is 0 Å². The summed E-state index contributed by atoms with van der Waals surface area (Å²) in [5.41, 5.74) is 2.00. The molecule has 0 radical (unpaired) electrons. The van der Waals surface area contributed by atoms with Crippen molar-refractivity contribution in [1.82, 2.24) is 14.5 Å². The van der Waals surface area contributed by atoms with Gasteiger partial charge in [-0.2, -0.15) is 0 Å². The van der Waals surface area contributed by atoms with Gasteiger partial charge < -0.3 is 4.90 Å². The zero-order valence-electron chi connectivity index (χ0n) is 14.9. The fraction of sp³-hybridized carbons (Fsp3) is 0.263. The van der Waals surface area contributed by atoms with Crippen LogP contribution in [0, 0.1) is 15.9 Å². The maximum Gasteiger partial charge on any atom is 0.271 e. The van der Waals surface area contributed by atoms with Crippen LogP contribution in [0.5, 0.6) is 0 Å². The molecule has 0 amide bonds. The SMILES string of the molecule is O=[N+]([O-])c1ccc2c(c1)nc(CSC(=S)N1CCCC1)n2-c1ccc(F)cc1. The smallest absolute Gasteiger partial charge is 0.271 e. The summed E-state index contributed by atoms with van der Waals surface area (Å²) in [6.07, 6.45) is 2.30. The number of thioether (sulfide) groups is 1. The van der Waals surface area contributed by atoms with Crippen LogP contribution >= 0.6 is 24.0 Å². The monoisotopic (exact) mass is 416 g/mol. The van der Waals surface area contributed by atoms with Crippen molar-refractivity contribution in [1.29, 1.82) is 0 Å². The predicted molar refractivity (Wildman–Crippen MR) is 112 cm³/mol. The van der Waals surface area contributed by atoms with Crippen molar-refractivity contribution in [3.05, 3.63) is 64.2 Å². The molecule has 9 heteroatoms. The van der Waals surface area contributed by atoms with Gasteiger partial charge >= 0.3 is 0 Å². The maximum absolute atomic E-state index is 13.4. The standard InChI is InChI=1S/C19H17FN4O2S2/c20-13-3-5-14(6-4-13)23-17-8-7-15(24(25)26)11-16(17)21-18(23)12-28-19(27)22-9-1-2-10-22/h3-8,11H,1-2,9-10,12H2. The van der Waals surface area contributed by atoms with Gasteiger partial charge in [0.05, 0.1) is 21.7 Å². The highest BCUT2D eigenvalue weighted by atomic mass is 32.2. The molecule has 0 spiro atoms. The second-order valence-electron chi connectivity index (χ2n) is 6.52. The van der Waals surface area contributed by atoms with E-state index in [1.165, 1.54) is 36.0 Å². The Hall–Kier alpha value is -2.52. The van der Waals surface area contributed by atoms with Gasteiger partial charge in [0.2, 0.25) is 0 Å². The molecule has 0 unspecified atom stereocenters. The van der Waals surface area contributed by atoms with Crippen molar-refractivity contribution in [3.8, 4) is 5.69 Å². The van der Waals surface area contributed by atoms with Crippen molar-refractivity contribution >= 4 is 45.0 Å². The van der Waals surface area contributed by atoms with Crippen molar-refractivity contribution in [2.75, 3.05) is 13.1 Å². The van der Waals surface area contributed by atoms with E-state index in [9.17, 15) is 14.5 Å². The van der Waals surface area contributed by atoms with E-state index in [0.717, 1.165) is 41.5 Å². The quantitative estimate of drug-likeness (QED) is 0.349. The van der Waals surface area contributed by atoms with Gasteiger partial charge in [-0.3, -0.25) is 14.7 Å². The van der Waals surface area contributed by atoms with Crippen LogP contribution in [0.4, 0.5) is 10.1 Å². The summed E-state index contributed by atoms with van der Waals surface area (Å²) < 4.78 is 16.1. The van der Waals surface area contributed by atoms with E-state index in [0.29, 0.717) is 17.1 Å². The molecule has 3 aromatic rings. The number of hydrogen-bond donors (Lipinski definition) is 0. The number of thiocarbonyl (C=S) groups is 1. The topological polar surface area (TPSA) is 64.2 Å². The number of imidazole rings is 1. The number of nitro groups is 1. The number of benzene rings is 2. The molecule has 4 rings (SSSR count). The molecule has 2 heterocycles. The van der Waals surface area contributed by atoms with Gasteiger partial charge in [-0.05, 0) is 43.2 Å². The van der Waals surface area contributed by atoms with Crippen LogP contribution in [-0.2, 0) is 5.75 Å². The molecule has 28 heavy (non-hydrogen) atoms. The number of non-ortho nitro benzene ring substituents is 1. The number of nitro benzene ring substituents is 1. The van der Waals surface area contributed by atoms with E-state index >= 15 is 0 Å². The molecule has 6 nitrogen and oxygen atoms in total. The Morgan fingerprint density at radius 1 is 1.21 bits per heavy atom. The normalized spacial score (nSPS) is 14.0. The first-order valence-electron chi connectivity index (χ1n) is 8.86. The first kappa shape index (κ1) is 18.8. The van der Waals surface area contributed by atoms with E-state index in [1.807, 2.05) is 4.57 Å². The Kier molecular flexibility index (Phi) is 5.27. The minimum Gasteiger partial charge on any atom is -0.358 e. The Morgan fingerprint density at radius 2 is 1.93 bits per heavy atom. The summed E-state index contributed by atoms with van der Waals surface area (Å²) in [4.78, 5) is 17.5. The lowest BCUT2D eigenvalue weighted by Gasteiger charge is -2.17. The fourth-order valence-corrected chi connectivity index (χ4v) is 4.50. The number of fused-ring (bicyclic) bond motifs is 1. The van der Waals surface area contributed by atoms with Gasteiger partial charge in [0.1, 0.15) is 16.0 Å². The summed E-state index contributed by atoms with van der Waals surface area (Å²) in [6.45, 7) is 1.96. The third kappa shape index (κ3) is 3.72. The van der Waals surface area contributed by atoms with Crippen LogP contribution in [0.1, 0.15) is 18.7 Å². The molecule has 1 saturated heterocycles. The largest absolute Gasteiger partial charge is 0.358 e. The molecule has 0 aliphatic carbocycles. The molecule has 0 atom stereocenters. The number of likely N-dealkylation sites (tertiary alicyclic amines) is 1. The van der Waals surface area contributed by atoms with Gasteiger partial charge in [-0.1, -0.05) is 24.0 Å². The summed E-state index contributed by atoms with van der Waals surface area (Å²) in [5.74, 6) is 0.915.